The van der Waals surface area contributed by atoms with Crippen molar-refractivity contribution in [2.24, 2.45) is 0 Å². The lowest BCUT2D eigenvalue weighted by Crippen LogP contribution is -2.20. The quantitative estimate of drug-likeness (QED) is 0.546. The molecule has 1 atom stereocenters. The number of carbonyl (C=O) groups excluding carboxylic acids is 1. The number of amides is 1. The van der Waals surface area contributed by atoms with Gasteiger partial charge in [0.15, 0.2) is 5.65 Å². The number of halogens is 3. The Labute approximate surface area is 163 Å². The van der Waals surface area contributed by atoms with Crippen molar-refractivity contribution < 1.29 is 28.2 Å². The molecule has 0 saturated carbocycles. The van der Waals surface area contributed by atoms with Gasteiger partial charge in [0.25, 0.3) is 0 Å². The SMILES string of the molecule is C=CC(=O)NCc1nn(-c2ccc(C(F)(F)F)cc2)c2nccc([C@H](O)CO)c12. The number of pyridine rings is 1. The summed E-state index contributed by atoms with van der Waals surface area (Å²) in [7, 11) is 0. The van der Waals surface area contributed by atoms with E-state index < -0.39 is 30.4 Å². The summed E-state index contributed by atoms with van der Waals surface area (Å²) in [5, 5.41) is 26.8. The number of carbonyl (C=O) groups is 1. The van der Waals surface area contributed by atoms with Gasteiger partial charge in [0.1, 0.15) is 6.10 Å². The van der Waals surface area contributed by atoms with Crippen molar-refractivity contribution in [2.45, 2.75) is 18.8 Å². The predicted molar refractivity (Wildman–Crippen MR) is 98.0 cm³/mol. The van der Waals surface area contributed by atoms with Crippen LogP contribution in [0.2, 0.25) is 0 Å². The van der Waals surface area contributed by atoms with E-state index in [2.05, 4.69) is 22.0 Å². The van der Waals surface area contributed by atoms with E-state index >= 15 is 0 Å². The van der Waals surface area contributed by atoms with E-state index in [4.69, 9.17) is 0 Å². The number of hydrogen-bond donors (Lipinski definition) is 3. The van der Waals surface area contributed by atoms with Gasteiger partial charge in [0.05, 0.1) is 35.5 Å². The molecule has 0 spiro atoms. The molecule has 0 aliphatic rings. The van der Waals surface area contributed by atoms with Crippen molar-refractivity contribution in [1.29, 1.82) is 0 Å². The Morgan fingerprint density at radius 2 is 1.97 bits per heavy atom. The highest BCUT2D eigenvalue weighted by Crippen LogP contribution is 2.31. The third-order valence-corrected chi connectivity index (χ3v) is 4.26. The van der Waals surface area contributed by atoms with Crippen LogP contribution in [0.15, 0.2) is 49.2 Å². The minimum atomic E-state index is -4.47. The number of nitrogens with zero attached hydrogens (tertiary/aromatic N) is 3. The number of rotatable bonds is 6. The van der Waals surface area contributed by atoms with E-state index in [0.29, 0.717) is 22.3 Å². The number of nitrogens with one attached hydrogen (secondary N) is 1. The highest BCUT2D eigenvalue weighted by Gasteiger charge is 2.30. The van der Waals surface area contributed by atoms with Crippen molar-refractivity contribution in [3.63, 3.8) is 0 Å². The topological polar surface area (TPSA) is 100 Å². The maximum Gasteiger partial charge on any atom is 0.416 e. The fraction of sp³-hybridized carbons (Fsp3) is 0.211. The zero-order valence-electron chi connectivity index (χ0n) is 15.0. The minimum Gasteiger partial charge on any atom is -0.393 e. The Morgan fingerprint density at radius 3 is 2.55 bits per heavy atom. The van der Waals surface area contributed by atoms with E-state index in [0.717, 1.165) is 18.2 Å². The summed E-state index contributed by atoms with van der Waals surface area (Å²) < 4.78 is 39.8. The molecule has 0 aliphatic heterocycles. The van der Waals surface area contributed by atoms with Crippen molar-refractivity contribution in [3.05, 3.63) is 66.0 Å². The summed E-state index contributed by atoms with van der Waals surface area (Å²) in [5.74, 6) is -0.449. The molecule has 1 aromatic carbocycles. The van der Waals surface area contributed by atoms with Gasteiger partial charge in [-0.25, -0.2) is 9.67 Å². The molecule has 2 heterocycles. The van der Waals surface area contributed by atoms with Gasteiger partial charge >= 0.3 is 6.18 Å². The summed E-state index contributed by atoms with van der Waals surface area (Å²) in [6, 6.07) is 5.85. The summed E-state index contributed by atoms with van der Waals surface area (Å²) >= 11 is 0. The number of alkyl halides is 3. The normalized spacial score (nSPS) is 12.7. The number of benzene rings is 1. The second kappa shape index (κ2) is 8.02. The first-order valence-electron chi connectivity index (χ1n) is 8.49. The molecule has 2 aromatic heterocycles. The van der Waals surface area contributed by atoms with Crippen LogP contribution < -0.4 is 5.32 Å². The first-order valence-corrected chi connectivity index (χ1v) is 8.49. The molecule has 0 aliphatic carbocycles. The van der Waals surface area contributed by atoms with Crippen LogP contribution in [0.25, 0.3) is 16.7 Å². The summed E-state index contributed by atoms with van der Waals surface area (Å²) in [6.45, 7) is 2.77. The standard InChI is InChI=1S/C19H17F3N4O3/c1-2-16(29)24-9-14-17-13(15(28)10-27)7-8-23-18(17)26(25-14)12-5-3-11(4-6-12)19(20,21)22/h2-8,15,27-28H,1,9-10H2,(H,24,29)/t15-/m1/s1. The highest BCUT2D eigenvalue weighted by atomic mass is 19.4. The second-order valence-electron chi connectivity index (χ2n) is 6.12. The van der Waals surface area contributed by atoms with Crippen molar-refractivity contribution in [2.75, 3.05) is 6.61 Å². The first kappa shape index (κ1) is 20.5. The molecule has 3 aromatic rings. The fourth-order valence-corrected chi connectivity index (χ4v) is 2.85. The Hall–Kier alpha value is -3.24. The Morgan fingerprint density at radius 1 is 1.28 bits per heavy atom. The summed E-state index contributed by atoms with van der Waals surface area (Å²) in [5.41, 5.74) is 0.426. The molecule has 0 unspecified atom stereocenters. The van der Waals surface area contributed by atoms with Gasteiger partial charge < -0.3 is 15.5 Å². The Balaban J connectivity index is 2.15. The molecule has 0 saturated heterocycles. The second-order valence-corrected chi connectivity index (χ2v) is 6.12. The van der Waals surface area contributed by atoms with Crippen LogP contribution in [0.4, 0.5) is 13.2 Å². The summed E-state index contributed by atoms with van der Waals surface area (Å²) in [6.07, 6.45) is -3.22. The van der Waals surface area contributed by atoms with Gasteiger partial charge in [-0.05, 0) is 42.0 Å². The van der Waals surface area contributed by atoms with Gasteiger partial charge in [0.2, 0.25) is 5.91 Å². The minimum absolute atomic E-state index is 0.0359. The number of aromatic nitrogens is 3. The monoisotopic (exact) mass is 406 g/mol. The van der Waals surface area contributed by atoms with Gasteiger partial charge in [-0.1, -0.05) is 6.58 Å². The number of aliphatic hydroxyl groups is 2. The van der Waals surface area contributed by atoms with E-state index in [9.17, 15) is 28.2 Å². The molecule has 3 N–H and O–H groups in total. The zero-order valence-corrected chi connectivity index (χ0v) is 15.0. The van der Waals surface area contributed by atoms with Crippen LogP contribution >= 0.6 is 0 Å². The van der Waals surface area contributed by atoms with Crippen LogP contribution in [0.1, 0.15) is 22.9 Å². The van der Waals surface area contributed by atoms with Crippen molar-refractivity contribution >= 4 is 16.9 Å². The van der Waals surface area contributed by atoms with Crippen LogP contribution in [0, 0.1) is 0 Å². The van der Waals surface area contributed by atoms with Crippen LogP contribution in [-0.2, 0) is 17.5 Å². The highest BCUT2D eigenvalue weighted by molar-refractivity contribution is 5.88. The molecule has 3 rings (SSSR count). The lowest BCUT2D eigenvalue weighted by atomic mass is 10.1. The van der Waals surface area contributed by atoms with Crippen molar-refractivity contribution in [1.82, 2.24) is 20.1 Å². The van der Waals surface area contributed by atoms with E-state index in [1.54, 1.807) is 0 Å². The number of hydrogen-bond acceptors (Lipinski definition) is 5. The lowest BCUT2D eigenvalue weighted by Gasteiger charge is -2.10. The van der Waals surface area contributed by atoms with Crippen LogP contribution in [0.3, 0.4) is 0 Å². The smallest absolute Gasteiger partial charge is 0.393 e. The van der Waals surface area contributed by atoms with Crippen molar-refractivity contribution in [3.8, 4) is 5.69 Å². The average molecular weight is 406 g/mol. The number of fused-ring (bicyclic) bond motifs is 1. The molecule has 0 fully saturated rings. The van der Waals surface area contributed by atoms with Gasteiger partial charge in [-0.15, -0.1) is 0 Å². The Kier molecular flexibility index (Phi) is 5.66. The van der Waals surface area contributed by atoms with E-state index in [1.165, 1.54) is 29.1 Å². The molecule has 7 nitrogen and oxygen atoms in total. The Bertz CT molecular complexity index is 1050. The molecule has 152 valence electrons. The van der Waals surface area contributed by atoms with Crippen LogP contribution in [0.5, 0.6) is 0 Å². The largest absolute Gasteiger partial charge is 0.416 e. The van der Waals surface area contributed by atoms with E-state index in [-0.39, 0.29) is 12.2 Å². The maximum atomic E-state index is 12.8. The molecule has 29 heavy (non-hydrogen) atoms. The fourth-order valence-electron chi connectivity index (χ4n) is 2.85. The third-order valence-electron chi connectivity index (χ3n) is 4.26. The van der Waals surface area contributed by atoms with Crippen LogP contribution in [-0.4, -0.2) is 37.5 Å². The first-order chi connectivity index (χ1) is 13.8. The number of aliphatic hydroxyl groups excluding tert-OH is 2. The molecular formula is C19H17F3N4O3. The maximum absolute atomic E-state index is 12.8. The zero-order chi connectivity index (χ0) is 21.2. The van der Waals surface area contributed by atoms with E-state index in [1.807, 2.05) is 0 Å². The molecule has 1 amide bonds. The third kappa shape index (κ3) is 4.13. The van der Waals surface area contributed by atoms with Gasteiger partial charge in [0, 0.05) is 6.20 Å². The molecule has 0 radical (unpaired) electrons. The lowest BCUT2D eigenvalue weighted by molar-refractivity contribution is -0.137. The predicted octanol–water partition coefficient (Wildman–Crippen LogP) is 2.27. The molecule has 0 bridgehead atoms. The summed E-state index contributed by atoms with van der Waals surface area (Å²) in [4.78, 5) is 15.8. The van der Waals surface area contributed by atoms with Gasteiger partial charge in [-0.2, -0.15) is 18.3 Å². The average Bonchev–Trinajstić information content (AvgIpc) is 3.09. The molecule has 10 heteroatoms. The van der Waals surface area contributed by atoms with Gasteiger partial charge in [-0.3, -0.25) is 4.79 Å². The molecular weight excluding hydrogens is 389 g/mol.